The molecule has 1 saturated carbocycles. The predicted molar refractivity (Wildman–Crippen MR) is 303 cm³/mol. The van der Waals surface area contributed by atoms with Crippen molar-refractivity contribution >= 4 is 86.8 Å². The van der Waals surface area contributed by atoms with E-state index in [0.717, 1.165) is 77.9 Å². The van der Waals surface area contributed by atoms with Crippen LogP contribution >= 0.6 is 23.2 Å². The van der Waals surface area contributed by atoms with Crippen LogP contribution in [0.1, 0.15) is 90.6 Å². The number of hydrogen-bond donors (Lipinski definition) is 9. The molecule has 4 aromatic carbocycles. The monoisotopic (exact) mass is 1140 g/mol. The Bertz CT molecular complexity index is 3350. The van der Waals surface area contributed by atoms with Crippen LogP contribution in [0, 0.1) is 5.92 Å². The molecular formula is C59H66Cl2N10O10. The molecule has 7 amide bonds. The van der Waals surface area contributed by atoms with E-state index < -0.39 is 72.2 Å². The maximum Gasteiger partial charge on any atom is 0.243 e. The van der Waals surface area contributed by atoms with Crippen LogP contribution in [0.4, 0.5) is 11.4 Å². The van der Waals surface area contributed by atoms with Crippen LogP contribution in [0.3, 0.4) is 0 Å². The SMILES string of the molecule is CN(C(=O)Cc1ccc(Cl)c(Cl)c1)[C@H](CN1CCCC1)c1cccc(NC(=O)CNC(=O)CNC(=O)CCC(=O)NCC(=O)NCC(=O)Nc2cccc3c4c([nH]c23)[C@@H]2Oc3c(O)ccc5c3[C@@]23CCN(CC2CC2)[C@H](C5)[C@]3(O)C4)c1. The Morgan fingerprint density at radius 3 is 2.17 bits per heavy atom. The molecule has 2 bridgehead atoms. The number of fused-ring (bicyclic) bond motifs is 4. The topological polar surface area (TPSA) is 267 Å². The number of ether oxygens (including phenoxy) is 1. The summed E-state index contributed by atoms with van der Waals surface area (Å²) in [5, 5.41) is 41.4. The maximum atomic E-state index is 13.6. The molecule has 5 aromatic rings. The fourth-order valence-corrected chi connectivity index (χ4v) is 13.3. The number of anilines is 2. The first-order valence-corrected chi connectivity index (χ1v) is 28.5. The fraction of sp³-hybridized carbons (Fsp3) is 0.441. The molecule has 4 heterocycles. The average Bonchev–Trinajstić information content (AvgIpc) is 1.77. The smallest absolute Gasteiger partial charge is 0.243 e. The highest BCUT2D eigenvalue weighted by molar-refractivity contribution is 6.42. The van der Waals surface area contributed by atoms with Gasteiger partial charge in [0.15, 0.2) is 17.6 Å². The molecular weight excluding hydrogens is 1080 g/mol. The van der Waals surface area contributed by atoms with E-state index in [1.54, 1.807) is 60.5 Å². The third kappa shape index (κ3) is 11.3. The number of hydrogen-bond acceptors (Lipinski definition) is 12. The number of phenols is 1. The second kappa shape index (κ2) is 23.0. The third-order valence-electron chi connectivity index (χ3n) is 17.2. The number of likely N-dealkylation sites (tertiary alicyclic amines) is 2. The van der Waals surface area contributed by atoms with E-state index in [2.05, 4.69) is 46.7 Å². The molecule has 6 aliphatic rings. The van der Waals surface area contributed by atoms with E-state index in [1.807, 2.05) is 24.3 Å². The number of aromatic hydroxyl groups is 1. The summed E-state index contributed by atoms with van der Waals surface area (Å²) in [5.41, 5.74) is 4.88. The van der Waals surface area contributed by atoms with E-state index in [1.165, 1.54) is 12.8 Å². The normalized spacial score (nSPS) is 21.7. The molecule has 5 atom stereocenters. The highest BCUT2D eigenvalue weighted by Crippen LogP contribution is 2.69. The van der Waals surface area contributed by atoms with Gasteiger partial charge in [0.1, 0.15) is 0 Å². The summed E-state index contributed by atoms with van der Waals surface area (Å²) in [7, 11) is 1.76. The number of H-pyrrole nitrogens is 1. The first kappa shape index (κ1) is 55.7. The number of benzene rings is 4. The van der Waals surface area contributed by atoms with E-state index in [0.29, 0.717) is 64.4 Å². The molecule has 20 nitrogen and oxygen atoms in total. The van der Waals surface area contributed by atoms with E-state index >= 15 is 0 Å². The van der Waals surface area contributed by atoms with Gasteiger partial charge in [0.25, 0.3) is 0 Å². The zero-order valence-corrected chi connectivity index (χ0v) is 46.4. The minimum atomic E-state index is -1.18. The van der Waals surface area contributed by atoms with Crippen LogP contribution < -0.4 is 36.6 Å². The summed E-state index contributed by atoms with van der Waals surface area (Å²) >= 11 is 12.3. The number of likely N-dealkylation sites (N-methyl/N-ethyl adjacent to an activating group) is 1. The lowest BCUT2D eigenvalue weighted by atomic mass is 9.49. The number of aliphatic hydroxyl groups is 1. The highest BCUT2D eigenvalue weighted by Gasteiger charge is 2.73. The largest absolute Gasteiger partial charge is 0.504 e. The van der Waals surface area contributed by atoms with Gasteiger partial charge in [-0.15, -0.1) is 0 Å². The van der Waals surface area contributed by atoms with Crippen LogP contribution in [0.2, 0.25) is 10.0 Å². The molecule has 11 rings (SSSR count). The molecule has 22 heteroatoms. The number of carbonyl (C=O) groups is 7. The van der Waals surface area contributed by atoms with Crippen LogP contribution in [-0.2, 0) is 58.2 Å². The standard InChI is InChI=1S/C59H66Cl2N10O10/c1-69(52(79)23-34-12-14-40(60)41(61)22-34)43(32-70-19-2-3-20-70)35-6-4-7-37(24-35)66-50(77)29-64-48(75)27-62-46(73)16-17-47(74)63-28-49(76)65-30-51(78)67-42-9-5-8-38-39-26-59(80)45-25-36-13-15-44(72)56-53(36)58(59,18-21-71(45)31-33-10-11-33)57(81-56)55(39)68-54(38)42/h4-9,12-15,22,24,33,43,45,57,68,72,80H,2-3,10-11,16-21,23,25-32H2,1H3,(H,62,73)(H,63,74)(H,64,75)(H,65,76)(H,66,77)(H,67,78)/t43-,45-,57+,58+,59-/m1/s1. The molecule has 1 aromatic heterocycles. The Morgan fingerprint density at radius 2 is 1.47 bits per heavy atom. The van der Waals surface area contributed by atoms with Gasteiger partial charge >= 0.3 is 0 Å². The van der Waals surface area contributed by atoms with E-state index in [-0.39, 0.29) is 49.5 Å². The first-order valence-electron chi connectivity index (χ1n) is 27.8. The van der Waals surface area contributed by atoms with Crippen molar-refractivity contribution in [1.82, 2.24) is 41.0 Å². The van der Waals surface area contributed by atoms with Crippen molar-refractivity contribution in [3.05, 3.63) is 116 Å². The molecule has 81 heavy (non-hydrogen) atoms. The lowest BCUT2D eigenvalue weighted by Gasteiger charge is -2.62. The minimum Gasteiger partial charge on any atom is -0.504 e. The number of piperidine rings is 1. The molecule has 0 radical (unpaired) electrons. The highest BCUT2D eigenvalue weighted by atomic mass is 35.5. The van der Waals surface area contributed by atoms with Gasteiger partial charge in [-0.2, -0.15) is 0 Å². The van der Waals surface area contributed by atoms with Gasteiger partial charge in [-0.05, 0) is 123 Å². The van der Waals surface area contributed by atoms with Gasteiger partial charge in [-0.25, -0.2) is 0 Å². The number of phenolic OH excluding ortho intramolecular Hbond substituents is 1. The van der Waals surface area contributed by atoms with Crippen LogP contribution in [0.5, 0.6) is 11.5 Å². The lowest BCUT2D eigenvalue weighted by Crippen LogP contribution is -2.74. The van der Waals surface area contributed by atoms with Crippen LogP contribution in [-0.4, -0.2) is 149 Å². The maximum absolute atomic E-state index is 13.6. The number of aromatic nitrogens is 1. The summed E-state index contributed by atoms with van der Waals surface area (Å²) in [6.45, 7) is 2.49. The minimum absolute atomic E-state index is 0.0487. The van der Waals surface area contributed by atoms with Crippen molar-refractivity contribution in [3.8, 4) is 11.5 Å². The van der Waals surface area contributed by atoms with Crippen LogP contribution in [0.15, 0.2) is 72.8 Å². The number of carbonyl (C=O) groups excluding carboxylic acids is 7. The van der Waals surface area contributed by atoms with Gasteiger partial charge in [0, 0.05) is 62.1 Å². The van der Waals surface area contributed by atoms with Gasteiger partial charge in [-0.1, -0.05) is 59.6 Å². The number of nitrogens with one attached hydrogen (secondary N) is 7. The number of nitrogens with zero attached hydrogens (tertiary/aromatic N) is 3. The van der Waals surface area contributed by atoms with Gasteiger partial charge in [0.05, 0.1) is 76.6 Å². The molecule has 1 spiro atoms. The summed E-state index contributed by atoms with van der Waals surface area (Å²) < 4.78 is 6.72. The Morgan fingerprint density at radius 1 is 0.790 bits per heavy atom. The molecule has 2 saturated heterocycles. The Balaban J connectivity index is 0.608. The van der Waals surface area contributed by atoms with Crippen molar-refractivity contribution in [2.45, 2.75) is 93.4 Å². The number of rotatable bonds is 21. The van der Waals surface area contributed by atoms with Gasteiger partial charge < -0.3 is 61.6 Å². The van der Waals surface area contributed by atoms with Crippen molar-refractivity contribution in [3.63, 3.8) is 0 Å². The number of halogens is 2. The molecule has 3 aliphatic carbocycles. The van der Waals surface area contributed by atoms with Crippen LogP contribution in [0.25, 0.3) is 10.9 Å². The van der Waals surface area contributed by atoms with Gasteiger partial charge in [-0.3, -0.25) is 38.5 Å². The summed E-state index contributed by atoms with van der Waals surface area (Å²) in [4.78, 5) is 100. The predicted octanol–water partition coefficient (Wildman–Crippen LogP) is 4.54. The van der Waals surface area contributed by atoms with Gasteiger partial charge in [0.2, 0.25) is 41.4 Å². The zero-order chi connectivity index (χ0) is 56.7. The second-order valence-corrected chi connectivity index (χ2v) is 23.3. The van der Waals surface area contributed by atoms with Crippen molar-refractivity contribution < 1.29 is 48.5 Å². The third-order valence-corrected chi connectivity index (χ3v) is 18.0. The summed E-state index contributed by atoms with van der Waals surface area (Å²) in [6, 6.07) is 21.0. The number of aromatic amines is 1. The summed E-state index contributed by atoms with van der Waals surface area (Å²) in [6.07, 6.45) is 5.18. The number of amides is 7. The zero-order valence-electron chi connectivity index (χ0n) is 44.9. The Labute approximate surface area is 478 Å². The van der Waals surface area contributed by atoms with E-state index in [4.69, 9.17) is 27.9 Å². The second-order valence-electron chi connectivity index (χ2n) is 22.5. The molecule has 426 valence electrons. The van der Waals surface area contributed by atoms with E-state index in [9.17, 15) is 43.8 Å². The summed E-state index contributed by atoms with van der Waals surface area (Å²) in [5.74, 6) is -2.52. The first-order chi connectivity index (χ1) is 39.0. The van der Waals surface area contributed by atoms with Crippen molar-refractivity contribution in [2.24, 2.45) is 5.92 Å². The quantitative estimate of drug-likeness (QED) is 0.0491. The average molecular weight is 1150 g/mol. The Hall–Kier alpha value is -7.23. The molecule has 3 aliphatic heterocycles. The molecule has 3 fully saturated rings. The molecule has 0 unspecified atom stereocenters. The van der Waals surface area contributed by atoms with Crippen molar-refractivity contribution in [2.75, 3.05) is 76.6 Å². The molecule has 9 N–H and O–H groups in total. The number of para-hydroxylation sites is 1. The van der Waals surface area contributed by atoms with Crippen molar-refractivity contribution in [1.29, 1.82) is 0 Å². The fourth-order valence-electron chi connectivity index (χ4n) is 13.0. The lowest BCUT2D eigenvalue weighted by molar-refractivity contribution is -0.173. The Kier molecular flexibility index (Phi) is 15.8.